The summed E-state index contributed by atoms with van der Waals surface area (Å²) in [4.78, 5) is 26.6. The van der Waals surface area contributed by atoms with Gasteiger partial charge in [-0.3, -0.25) is 9.69 Å². The molecule has 3 aromatic rings. The maximum Gasteiger partial charge on any atom is 0.272 e. The monoisotopic (exact) mass is 376 g/mol. The predicted molar refractivity (Wildman–Crippen MR) is 106 cm³/mol. The van der Waals surface area contributed by atoms with E-state index >= 15 is 0 Å². The van der Waals surface area contributed by atoms with E-state index in [1.165, 1.54) is 0 Å². The Hall–Kier alpha value is -3.35. The van der Waals surface area contributed by atoms with E-state index < -0.39 is 6.10 Å². The smallest absolute Gasteiger partial charge is 0.272 e. The van der Waals surface area contributed by atoms with Crippen molar-refractivity contribution in [2.45, 2.75) is 12.5 Å². The molecule has 28 heavy (non-hydrogen) atoms. The molecule has 1 amide bonds. The van der Waals surface area contributed by atoms with Gasteiger partial charge in [-0.1, -0.05) is 24.3 Å². The molecule has 2 aromatic carbocycles. The summed E-state index contributed by atoms with van der Waals surface area (Å²) < 4.78 is 11.7. The van der Waals surface area contributed by atoms with Gasteiger partial charge in [0, 0.05) is 20.1 Å². The van der Waals surface area contributed by atoms with Gasteiger partial charge in [0.05, 0.1) is 11.0 Å². The number of ether oxygens (including phenoxy) is 2. The van der Waals surface area contributed by atoms with E-state index in [-0.39, 0.29) is 12.5 Å². The summed E-state index contributed by atoms with van der Waals surface area (Å²) in [5.41, 5.74) is 1.58. The van der Waals surface area contributed by atoms with Crippen LogP contribution in [0, 0.1) is 0 Å². The van der Waals surface area contributed by atoms with Gasteiger partial charge in [0.15, 0.2) is 23.1 Å². The fraction of sp³-hybridized carbons (Fsp3) is 0.286. The lowest BCUT2D eigenvalue weighted by Crippen LogP contribution is -2.47. The van der Waals surface area contributed by atoms with Crippen LogP contribution in [0.3, 0.4) is 0 Å². The molecule has 0 radical (unpaired) electrons. The van der Waals surface area contributed by atoms with Crippen molar-refractivity contribution in [3.63, 3.8) is 0 Å². The van der Waals surface area contributed by atoms with Gasteiger partial charge in [-0.05, 0) is 30.7 Å². The van der Waals surface area contributed by atoms with Crippen LogP contribution in [0.1, 0.15) is 6.42 Å². The SMILES string of the molecule is CN1CCCN(C(=O)[C@@H]2COc3ccccc3O2)c2nc3ccccc3nc21. The first-order valence-corrected chi connectivity index (χ1v) is 9.38. The quantitative estimate of drug-likeness (QED) is 0.650. The van der Waals surface area contributed by atoms with Gasteiger partial charge in [0.25, 0.3) is 5.91 Å². The Balaban J connectivity index is 1.52. The summed E-state index contributed by atoms with van der Waals surface area (Å²) in [6.45, 7) is 1.54. The highest BCUT2D eigenvalue weighted by Gasteiger charge is 2.35. The minimum absolute atomic E-state index is 0.157. The first kappa shape index (κ1) is 16.8. The largest absolute Gasteiger partial charge is 0.485 e. The molecule has 142 valence electrons. The molecule has 7 nitrogen and oxygen atoms in total. The molecule has 1 atom stereocenters. The van der Waals surface area contributed by atoms with Gasteiger partial charge >= 0.3 is 0 Å². The molecule has 0 fully saturated rings. The second-order valence-corrected chi connectivity index (χ2v) is 6.99. The van der Waals surface area contributed by atoms with Gasteiger partial charge in [0.1, 0.15) is 6.61 Å². The number of rotatable bonds is 1. The Morgan fingerprint density at radius 3 is 2.43 bits per heavy atom. The topological polar surface area (TPSA) is 67.8 Å². The van der Waals surface area contributed by atoms with Crippen molar-refractivity contribution in [1.29, 1.82) is 0 Å². The summed E-state index contributed by atoms with van der Waals surface area (Å²) in [6, 6.07) is 15.1. The molecule has 2 aliphatic rings. The Morgan fingerprint density at radius 2 is 1.64 bits per heavy atom. The van der Waals surface area contributed by atoms with Crippen LogP contribution in [-0.2, 0) is 4.79 Å². The highest BCUT2D eigenvalue weighted by Crippen LogP contribution is 2.34. The van der Waals surface area contributed by atoms with Crippen LogP contribution in [0.5, 0.6) is 11.5 Å². The lowest BCUT2D eigenvalue weighted by atomic mass is 10.2. The number of para-hydroxylation sites is 4. The molecular weight excluding hydrogens is 356 g/mol. The second-order valence-electron chi connectivity index (χ2n) is 6.99. The van der Waals surface area contributed by atoms with Crippen molar-refractivity contribution in [3.05, 3.63) is 48.5 Å². The van der Waals surface area contributed by atoms with E-state index in [1.807, 2.05) is 55.6 Å². The third kappa shape index (κ3) is 2.79. The Labute approximate surface area is 162 Å². The first-order valence-electron chi connectivity index (χ1n) is 9.38. The van der Waals surface area contributed by atoms with Crippen molar-refractivity contribution in [2.75, 3.05) is 36.5 Å². The number of carbonyl (C=O) groups excluding carboxylic acids is 1. The van der Waals surface area contributed by atoms with Crippen molar-refractivity contribution in [3.8, 4) is 11.5 Å². The third-order valence-electron chi connectivity index (χ3n) is 5.08. The Bertz CT molecular complexity index is 1050. The molecule has 3 heterocycles. The van der Waals surface area contributed by atoms with E-state index in [9.17, 15) is 4.79 Å². The van der Waals surface area contributed by atoms with E-state index in [0.29, 0.717) is 29.7 Å². The van der Waals surface area contributed by atoms with Gasteiger partial charge in [-0.25, -0.2) is 9.97 Å². The standard InChI is InChI=1S/C21H20N4O3/c1-24-11-6-12-25(20-19(24)22-14-7-2-3-8-15(14)23-20)21(26)18-13-27-16-9-4-5-10-17(16)28-18/h2-5,7-10,18H,6,11-13H2,1H3/t18-/m0/s1. The van der Waals surface area contributed by atoms with Crippen LogP contribution in [0.15, 0.2) is 48.5 Å². The minimum atomic E-state index is -0.709. The van der Waals surface area contributed by atoms with Crippen LogP contribution in [0.25, 0.3) is 11.0 Å². The van der Waals surface area contributed by atoms with Crippen molar-refractivity contribution in [2.24, 2.45) is 0 Å². The maximum atomic E-state index is 13.4. The Kier molecular flexibility index (Phi) is 4.00. The number of nitrogens with zero attached hydrogens (tertiary/aromatic N) is 4. The number of hydrogen-bond donors (Lipinski definition) is 0. The van der Waals surface area contributed by atoms with Crippen LogP contribution in [0.2, 0.25) is 0 Å². The summed E-state index contributed by atoms with van der Waals surface area (Å²) >= 11 is 0. The van der Waals surface area contributed by atoms with E-state index in [2.05, 4.69) is 4.90 Å². The van der Waals surface area contributed by atoms with E-state index in [0.717, 1.165) is 24.0 Å². The average molecular weight is 376 g/mol. The van der Waals surface area contributed by atoms with Crippen molar-refractivity contribution in [1.82, 2.24) is 9.97 Å². The molecule has 0 unspecified atom stereocenters. The van der Waals surface area contributed by atoms with E-state index in [4.69, 9.17) is 19.4 Å². The van der Waals surface area contributed by atoms with Crippen molar-refractivity contribution < 1.29 is 14.3 Å². The molecule has 0 N–H and O–H groups in total. The number of amides is 1. The highest BCUT2D eigenvalue weighted by molar-refractivity contribution is 5.99. The zero-order valence-corrected chi connectivity index (χ0v) is 15.5. The lowest BCUT2D eigenvalue weighted by Gasteiger charge is -2.30. The fourth-order valence-electron chi connectivity index (χ4n) is 3.63. The molecule has 1 aromatic heterocycles. The van der Waals surface area contributed by atoms with Crippen molar-refractivity contribution >= 4 is 28.6 Å². The molecule has 0 spiro atoms. The molecular formula is C21H20N4O3. The predicted octanol–water partition coefficient (Wildman–Crippen LogP) is 2.64. The van der Waals surface area contributed by atoms with Gasteiger partial charge in [0.2, 0.25) is 6.10 Å². The zero-order chi connectivity index (χ0) is 19.1. The molecule has 0 bridgehead atoms. The zero-order valence-electron chi connectivity index (χ0n) is 15.5. The van der Waals surface area contributed by atoms with Gasteiger partial charge in [-0.15, -0.1) is 0 Å². The number of hydrogen-bond acceptors (Lipinski definition) is 6. The highest BCUT2D eigenvalue weighted by atomic mass is 16.6. The second kappa shape index (κ2) is 6.67. The summed E-state index contributed by atoms with van der Waals surface area (Å²) in [5, 5.41) is 0. The van der Waals surface area contributed by atoms with Crippen LogP contribution >= 0.6 is 0 Å². The molecule has 7 heteroatoms. The third-order valence-corrected chi connectivity index (χ3v) is 5.08. The summed E-state index contributed by atoms with van der Waals surface area (Å²) in [7, 11) is 1.98. The number of anilines is 2. The number of carbonyl (C=O) groups is 1. The first-order chi connectivity index (χ1) is 13.7. The van der Waals surface area contributed by atoms with Crippen LogP contribution in [-0.4, -0.2) is 48.7 Å². The summed E-state index contributed by atoms with van der Waals surface area (Å²) in [5.74, 6) is 2.38. The molecule has 5 rings (SSSR count). The number of fused-ring (bicyclic) bond motifs is 3. The molecule has 2 aliphatic heterocycles. The Morgan fingerprint density at radius 1 is 0.964 bits per heavy atom. The average Bonchev–Trinajstić information content (AvgIpc) is 2.90. The lowest BCUT2D eigenvalue weighted by molar-refractivity contribution is -0.127. The fourth-order valence-corrected chi connectivity index (χ4v) is 3.63. The van der Waals surface area contributed by atoms with E-state index in [1.54, 1.807) is 4.90 Å². The summed E-state index contributed by atoms with van der Waals surface area (Å²) in [6.07, 6.45) is 0.111. The maximum absolute atomic E-state index is 13.4. The number of benzene rings is 2. The minimum Gasteiger partial charge on any atom is -0.485 e. The molecule has 0 aliphatic carbocycles. The van der Waals surface area contributed by atoms with Gasteiger partial charge < -0.3 is 14.4 Å². The molecule has 0 saturated carbocycles. The van der Waals surface area contributed by atoms with Crippen LogP contribution in [0.4, 0.5) is 11.6 Å². The van der Waals surface area contributed by atoms with Gasteiger partial charge in [-0.2, -0.15) is 0 Å². The van der Waals surface area contributed by atoms with Crippen LogP contribution < -0.4 is 19.3 Å². The number of aromatic nitrogens is 2. The molecule has 0 saturated heterocycles. The normalized spacial score (nSPS) is 18.5.